The fourth-order valence-corrected chi connectivity index (χ4v) is 6.64. The van der Waals surface area contributed by atoms with Crippen molar-refractivity contribution in [2.45, 2.75) is 31.7 Å². The summed E-state index contributed by atoms with van der Waals surface area (Å²) in [6.45, 7) is 5.68. The molecule has 4 rings (SSSR count). The third kappa shape index (κ3) is 5.03. The van der Waals surface area contributed by atoms with E-state index in [9.17, 15) is 8.42 Å². The molecule has 0 amide bonds. The van der Waals surface area contributed by atoms with E-state index in [-0.39, 0.29) is 5.75 Å². The molecule has 162 valence electrons. The summed E-state index contributed by atoms with van der Waals surface area (Å²) >= 11 is 3.47. The highest BCUT2D eigenvalue weighted by molar-refractivity contribution is 8.03. The van der Waals surface area contributed by atoms with Crippen LogP contribution in [0, 0.1) is 0 Å². The molecule has 0 atom stereocenters. The Balaban J connectivity index is 1.65. The van der Waals surface area contributed by atoms with Gasteiger partial charge in [-0.15, -0.1) is 0 Å². The highest BCUT2D eigenvalue weighted by atomic mass is 32.2. The molecule has 2 heterocycles. The van der Waals surface area contributed by atoms with Gasteiger partial charge in [-0.25, -0.2) is 0 Å². The lowest BCUT2D eigenvalue weighted by molar-refractivity contribution is -0.668. The van der Waals surface area contributed by atoms with Crippen molar-refractivity contribution in [3.05, 3.63) is 70.2 Å². The number of nitrogens with zero attached hydrogens (tertiary/aromatic N) is 2. The number of anilines is 1. The van der Waals surface area contributed by atoms with E-state index in [4.69, 9.17) is 4.55 Å². The molecule has 0 radical (unpaired) electrons. The Morgan fingerprint density at radius 1 is 1.16 bits per heavy atom. The van der Waals surface area contributed by atoms with Gasteiger partial charge in [0.05, 0.1) is 16.5 Å². The van der Waals surface area contributed by atoms with Gasteiger partial charge >= 0.3 is 0 Å². The molecule has 5 nitrogen and oxygen atoms in total. The van der Waals surface area contributed by atoms with Crippen molar-refractivity contribution in [1.29, 1.82) is 0 Å². The van der Waals surface area contributed by atoms with Crippen LogP contribution in [-0.2, 0) is 16.7 Å². The van der Waals surface area contributed by atoms with Gasteiger partial charge in [0.1, 0.15) is 4.70 Å². The van der Waals surface area contributed by atoms with Crippen molar-refractivity contribution in [3.63, 3.8) is 0 Å². The lowest BCUT2D eigenvalue weighted by atomic mass is 10.2. The second-order valence-corrected chi connectivity index (χ2v) is 11.1. The van der Waals surface area contributed by atoms with E-state index in [1.807, 2.05) is 18.2 Å². The maximum Gasteiger partial charge on any atom is 0.265 e. The third-order valence-electron chi connectivity index (χ3n) is 5.08. The summed E-state index contributed by atoms with van der Waals surface area (Å²) in [5, 5.41) is 2.27. The van der Waals surface area contributed by atoms with E-state index < -0.39 is 10.1 Å². The van der Waals surface area contributed by atoms with E-state index in [0.717, 1.165) is 27.3 Å². The number of benzene rings is 2. The molecular weight excluding hydrogens is 448 g/mol. The highest BCUT2D eigenvalue weighted by Gasteiger charge is 2.24. The largest absolute Gasteiger partial charge is 0.335 e. The minimum absolute atomic E-state index is 0.239. The van der Waals surface area contributed by atoms with Crippen LogP contribution >= 0.6 is 23.1 Å². The van der Waals surface area contributed by atoms with Crippen LogP contribution in [0.25, 0.3) is 16.3 Å². The first-order valence-electron chi connectivity index (χ1n) is 10.2. The molecular formula is C23H25N2O3S3+. The quantitative estimate of drug-likeness (QED) is 0.371. The van der Waals surface area contributed by atoms with Crippen LogP contribution in [0.4, 0.5) is 5.69 Å². The molecule has 0 saturated heterocycles. The number of rotatable bonds is 7. The standard InChI is InChI=1S/C23H24N2O3S3/c1-3-24-18-9-4-6-11-20(18)29-22(24)15-17(2)16-23-25(13-8-14-31(26,27)28)19-10-5-7-12-21(19)30-23/h4-7,9-12,15-16H,3,8,13-14H2,1-2H3/p+1. The molecule has 0 spiro atoms. The topological polar surface area (TPSA) is 61.5 Å². The molecule has 3 aromatic rings. The molecule has 8 heteroatoms. The van der Waals surface area contributed by atoms with Gasteiger partial charge in [-0.3, -0.25) is 4.55 Å². The van der Waals surface area contributed by atoms with Crippen molar-refractivity contribution >= 4 is 55.2 Å². The Morgan fingerprint density at radius 3 is 2.68 bits per heavy atom. The molecule has 2 aromatic carbocycles. The van der Waals surface area contributed by atoms with Crippen LogP contribution in [0.15, 0.2) is 70.1 Å². The van der Waals surface area contributed by atoms with E-state index in [0.29, 0.717) is 13.0 Å². The first kappa shape index (κ1) is 22.1. The number of fused-ring (bicyclic) bond motifs is 2. The molecule has 1 aliphatic rings. The van der Waals surface area contributed by atoms with Crippen molar-refractivity contribution in [3.8, 4) is 0 Å². The summed E-state index contributed by atoms with van der Waals surface area (Å²) in [6.07, 6.45) is 4.73. The van der Waals surface area contributed by atoms with Gasteiger partial charge < -0.3 is 4.90 Å². The molecule has 1 aliphatic heterocycles. The van der Waals surface area contributed by atoms with Gasteiger partial charge in [-0.2, -0.15) is 13.0 Å². The van der Waals surface area contributed by atoms with Crippen molar-refractivity contribution in [1.82, 2.24) is 0 Å². The number of hydrogen-bond donors (Lipinski definition) is 1. The number of hydrogen-bond acceptors (Lipinski definition) is 5. The minimum Gasteiger partial charge on any atom is -0.335 e. The summed E-state index contributed by atoms with van der Waals surface area (Å²) in [4.78, 5) is 3.59. The summed E-state index contributed by atoms with van der Waals surface area (Å²) < 4.78 is 34.7. The number of thioether (sulfide) groups is 1. The maximum atomic E-state index is 11.2. The first-order chi connectivity index (χ1) is 14.9. The van der Waals surface area contributed by atoms with Gasteiger partial charge in [0.15, 0.2) is 6.54 Å². The summed E-state index contributed by atoms with van der Waals surface area (Å²) in [6, 6.07) is 16.6. The van der Waals surface area contributed by atoms with E-state index >= 15 is 0 Å². The third-order valence-corrected chi connectivity index (χ3v) is 8.11. The van der Waals surface area contributed by atoms with Gasteiger partial charge in [-0.05, 0) is 43.7 Å². The van der Waals surface area contributed by atoms with Crippen molar-refractivity contribution in [2.24, 2.45) is 0 Å². The fraction of sp³-hybridized carbons (Fsp3) is 0.261. The average molecular weight is 474 g/mol. The van der Waals surface area contributed by atoms with Crippen LogP contribution in [-0.4, -0.2) is 25.3 Å². The van der Waals surface area contributed by atoms with E-state index in [1.54, 1.807) is 23.1 Å². The number of aryl methyl sites for hydroxylation is 1. The first-order valence-corrected chi connectivity index (χ1v) is 13.4. The summed E-state index contributed by atoms with van der Waals surface area (Å²) in [5.74, 6) is -0.239. The molecule has 0 aliphatic carbocycles. The predicted octanol–water partition coefficient (Wildman–Crippen LogP) is 5.34. The fourth-order valence-electron chi connectivity index (χ4n) is 3.71. The van der Waals surface area contributed by atoms with Crippen LogP contribution in [0.2, 0.25) is 0 Å². The van der Waals surface area contributed by atoms with Crippen molar-refractivity contribution in [2.75, 3.05) is 17.2 Å². The van der Waals surface area contributed by atoms with E-state index in [2.05, 4.69) is 65.8 Å². The van der Waals surface area contributed by atoms with Crippen LogP contribution in [0.1, 0.15) is 25.3 Å². The van der Waals surface area contributed by atoms with Crippen LogP contribution in [0.5, 0.6) is 0 Å². The average Bonchev–Trinajstić information content (AvgIpc) is 3.24. The Hall–Kier alpha value is -2.13. The maximum absolute atomic E-state index is 11.2. The second-order valence-electron chi connectivity index (χ2n) is 7.38. The molecule has 31 heavy (non-hydrogen) atoms. The number of thiazole rings is 1. The smallest absolute Gasteiger partial charge is 0.265 e. The number of allylic oxidation sites excluding steroid dienone is 2. The van der Waals surface area contributed by atoms with Gasteiger partial charge in [0, 0.05) is 30.0 Å². The molecule has 0 saturated carbocycles. The lowest BCUT2D eigenvalue weighted by Gasteiger charge is -2.17. The highest BCUT2D eigenvalue weighted by Crippen LogP contribution is 2.45. The van der Waals surface area contributed by atoms with Gasteiger partial charge in [-0.1, -0.05) is 47.4 Å². The number of aromatic nitrogens is 1. The van der Waals surface area contributed by atoms with Crippen molar-refractivity contribution < 1.29 is 17.5 Å². The van der Waals surface area contributed by atoms with Gasteiger partial charge in [0.25, 0.3) is 15.1 Å². The van der Waals surface area contributed by atoms with Gasteiger partial charge in [0.2, 0.25) is 5.52 Å². The monoisotopic (exact) mass is 473 g/mol. The zero-order chi connectivity index (χ0) is 22.0. The number of para-hydroxylation sites is 2. The molecule has 1 N–H and O–H groups in total. The zero-order valence-electron chi connectivity index (χ0n) is 17.5. The Labute approximate surface area is 191 Å². The zero-order valence-corrected chi connectivity index (χ0v) is 19.9. The van der Waals surface area contributed by atoms with Crippen LogP contribution < -0.4 is 9.47 Å². The molecule has 1 aromatic heterocycles. The Morgan fingerprint density at radius 2 is 1.90 bits per heavy atom. The SMILES string of the molecule is CCN1/C(=C\C(C)=C\c2sc3ccccc3[n+]2CCCS(=O)(=O)O)Sc2ccccc21. The molecule has 0 bridgehead atoms. The van der Waals surface area contributed by atoms with Crippen LogP contribution in [0.3, 0.4) is 0 Å². The summed E-state index contributed by atoms with van der Waals surface area (Å²) in [7, 11) is -3.96. The Kier molecular flexibility index (Phi) is 6.52. The minimum atomic E-state index is -3.96. The molecule has 0 unspecified atom stereocenters. The summed E-state index contributed by atoms with van der Waals surface area (Å²) in [5.41, 5.74) is 3.45. The molecule has 0 fully saturated rings. The second kappa shape index (κ2) is 9.16. The van der Waals surface area contributed by atoms with E-state index in [1.165, 1.54) is 15.6 Å². The normalized spacial score (nSPS) is 15.8. The lowest BCUT2D eigenvalue weighted by Crippen LogP contribution is -2.36. The predicted molar refractivity (Wildman–Crippen MR) is 130 cm³/mol. The Bertz CT molecular complexity index is 1280.